The van der Waals surface area contributed by atoms with E-state index in [4.69, 9.17) is 17.3 Å². The van der Waals surface area contributed by atoms with Gasteiger partial charge in [-0.1, -0.05) is 11.6 Å². The summed E-state index contributed by atoms with van der Waals surface area (Å²) in [5.41, 5.74) is 5.87. The lowest BCUT2D eigenvalue weighted by Crippen LogP contribution is -2.45. The maximum atomic E-state index is 12.3. The molecule has 0 saturated carbocycles. The molecule has 1 amide bonds. The van der Waals surface area contributed by atoms with Crippen LogP contribution in [0.2, 0.25) is 5.02 Å². The van der Waals surface area contributed by atoms with Crippen molar-refractivity contribution in [2.75, 3.05) is 13.1 Å². The third-order valence-electron chi connectivity index (χ3n) is 3.09. The molecule has 1 fully saturated rings. The average Bonchev–Trinajstić information content (AvgIpc) is 2.37. The number of halogens is 1. The van der Waals surface area contributed by atoms with Crippen molar-refractivity contribution in [1.29, 1.82) is 0 Å². The fourth-order valence-corrected chi connectivity index (χ4v) is 2.41. The van der Waals surface area contributed by atoms with Gasteiger partial charge in [-0.2, -0.15) is 0 Å². The van der Waals surface area contributed by atoms with Gasteiger partial charge in [0.15, 0.2) is 0 Å². The van der Waals surface area contributed by atoms with Crippen LogP contribution in [-0.4, -0.2) is 34.9 Å². The highest BCUT2D eigenvalue weighted by atomic mass is 35.5. The Morgan fingerprint density at radius 1 is 1.47 bits per heavy atom. The number of non-ortho nitro benzene ring substituents is 1. The van der Waals surface area contributed by atoms with Gasteiger partial charge >= 0.3 is 0 Å². The topological polar surface area (TPSA) is 89.5 Å². The van der Waals surface area contributed by atoms with Crippen LogP contribution in [0.1, 0.15) is 23.2 Å². The monoisotopic (exact) mass is 283 g/mol. The Morgan fingerprint density at radius 3 is 2.84 bits per heavy atom. The number of carbonyl (C=O) groups is 1. The van der Waals surface area contributed by atoms with Gasteiger partial charge in [-0.3, -0.25) is 14.9 Å². The molecule has 0 unspecified atom stereocenters. The summed E-state index contributed by atoms with van der Waals surface area (Å²) in [7, 11) is 0. The van der Waals surface area contributed by atoms with Gasteiger partial charge in [0.25, 0.3) is 11.6 Å². The molecule has 19 heavy (non-hydrogen) atoms. The Hall–Kier alpha value is -1.66. The maximum Gasteiger partial charge on any atom is 0.271 e. The number of nitro benzene ring substituents is 1. The highest BCUT2D eigenvalue weighted by Gasteiger charge is 2.24. The molecular weight excluding hydrogens is 270 g/mol. The highest BCUT2D eigenvalue weighted by Crippen LogP contribution is 2.22. The SMILES string of the molecule is N[C@@H]1CCCN(C(=O)c2cc(Cl)cc([N+](=O)[O-])c2)C1. The van der Waals surface area contributed by atoms with Gasteiger partial charge in [0.2, 0.25) is 0 Å². The van der Waals surface area contributed by atoms with Gasteiger partial charge in [0, 0.05) is 41.9 Å². The van der Waals surface area contributed by atoms with Crippen LogP contribution in [0.3, 0.4) is 0 Å². The number of piperidine rings is 1. The van der Waals surface area contributed by atoms with E-state index >= 15 is 0 Å². The molecule has 0 aliphatic carbocycles. The summed E-state index contributed by atoms with van der Waals surface area (Å²) in [6.07, 6.45) is 1.73. The van der Waals surface area contributed by atoms with E-state index < -0.39 is 4.92 Å². The van der Waals surface area contributed by atoms with Crippen LogP contribution < -0.4 is 5.73 Å². The quantitative estimate of drug-likeness (QED) is 0.662. The van der Waals surface area contributed by atoms with Crippen LogP contribution >= 0.6 is 11.6 Å². The van der Waals surface area contributed by atoms with E-state index in [0.717, 1.165) is 12.8 Å². The highest BCUT2D eigenvalue weighted by molar-refractivity contribution is 6.31. The van der Waals surface area contributed by atoms with E-state index in [2.05, 4.69) is 0 Å². The number of likely N-dealkylation sites (tertiary alicyclic amines) is 1. The molecule has 0 radical (unpaired) electrons. The fourth-order valence-electron chi connectivity index (χ4n) is 2.18. The van der Waals surface area contributed by atoms with E-state index in [-0.39, 0.29) is 28.2 Å². The van der Waals surface area contributed by atoms with Gasteiger partial charge in [-0.15, -0.1) is 0 Å². The van der Waals surface area contributed by atoms with E-state index in [9.17, 15) is 14.9 Å². The molecule has 0 bridgehead atoms. The van der Waals surface area contributed by atoms with Crippen molar-refractivity contribution in [3.05, 3.63) is 38.9 Å². The second-order valence-corrected chi connectivity index (χ2v) is 5.05. The van der Waals surface area contributed by atoms with Crippen molar-refractivity contribution in [1.82, 2.24) is 4.90 Å². The Kier molecular flexibility index (Phi) is 4.01. The molecule has 7 heteroatoms. The molecule has 2 N–H and O–H groups in total. The molecule has 6 nitrogen and oxygen atoms in total. The molecular formula is C12H14ClN3O3. The molecule has 1 atom stereocenters. The zero-order valence-electron chi connectivity index (χ0n) is 10.2. The Bertz CT molecular complexity index is 521. The largest absolute Gasteiger partial charge is 0.337 e. The number of hydrogen-bond acceptors (Lipinski definition) is 4. The van der Waals surface area contributed by atoms with Crippen LogP contribution in [0.25, 0.3) is 0 Å². The number of rotatable bonds is 2. The number of nitro groups is 1. The predicted molar refractivity (Wildman–Crippen MR) is 71.2 cm³/mol. The van der Waals surface area contributed by atoms with E-state index in [1.54, 1.807) is 4.90 Å². The molecule has 0 spiro atoms. The standard InChI is InChI=1S/C12H14ClN3O3/c13-9-4-8(5-11(6-9)16(18)19)12(17)15-3-1-2-10(14)7-15/h4-6,10H,1-3,7,14H2/t10-/m1/s1. The average molecular weight is 284 g/mol. The molecule has 2 rings (SSSR count). The minimum Gasteiger partial charge on any atom is -0.337 e. The van der Waals surface area contributed by atoms with Crippen molar-refractivity contribution in [2.24, 2.45) is 5.73 Å². The van der Waals surface area contributed by atoms with E-state index in [1.165, 1.54) is 18.2 Å². The third-order valence-corrected chi connectivity index (χ3v) is 3.30. The second kappa shape index (κ2) is 5.54. The van der Waals surface area contributed by atoms with Crippen LogP contribution in [-0.2, 0) is 0 Å². The minimum absolute atomic E-state index is 0.0353. The molecule has 1 aromatic carbocycles. The smallest absolute Gasteiger partial charge is 0.271 e. The summed E-state index contributed by atoms with van der Waals surface area (Å²) in [6, 6.07) is 3.87. The van der Waals surface area contributed by atoms with Crippen LogP contribution in [0.5, 0.6) is 0 Å². The Labute approximate surface area is 115 Å². The summed E-state index contributed by atoms with van der Waals surface area (Å²) in [6.45, 7) is 1.09. The molecule has 0 aromatic heterocycles. The molecule has 1 aliphatic heterocycles. The first kappa shape index (κ1) is 13.8. The number of amides is 1. The van der Waals surface area contributed by atoms with Gasteiger partial charge in [0.05, 0.1) is 4.92 Å². The number of nitrogens with zero attached hydrogens (tertiary/aromatic N) is 2. The van der Waals surface area contributed by atoms with Crippen molar-refractivity contribution < 1.29 is 9.72 Å². The van der Waals surface area contributed by atoms with E-state index in [1.807, 2.05) is 0 Å². The lowest BCUT2D eigenvalue weighted by molar-refractivity contribution is -0.384. The molecule has 1 aliphatic rings. The lowest BCUT2D eigenvalue weighted by atomic mass is 10.1. The van der Waals surface area contributed by atoms with Crippen LogP contribution in [0, 0.1) is 10.1 Å². The predicted octanol–water partition coefficient (Wildman–Crippen LogP) is 1.81. The Balaban J connectivity index is 2.25. The summed E-state index contributed by atoms with van der Waals surface area (Å²) in [5, 5.41) is 10.9. The number of benzene rings is 1. The maximum absolute atomic E-state index is 12.3. The van der Waals surface area contributed by atoms with Gasteiger partial charge in [-0.25, -0.2) is 0 Å². The zero-order chi connectivity index (χ0) is 14.0. The summed E-state index contributed by atoms with van der Waals surface area (Å²) in [4.78, 5) is 24.1. The van der Waals surface area contributed by atoms with Gasteiger partial charge < -0.3 is 10.6 Å². The first-order valence-corrected chi connectivity index (χ1v) is 6.35. The number of hydrogen-bond donors (Lipinski definition) is 1. The Morgan fingerprint density at radius 2 is 2.21 bits per heavy atom. The summed E-state index contributed by atoms with van der Waals surface area (Å²) >= 11 is 5.81. The van der Waals surface area contributed by atoms with E-state index in [0.29, 0.717) is 13.1 Å². The normalized spacial score (nSPS) is 19.3. The molecule has 102 valence electrons. The second-order valence-electron chi connectivity index (χ2n) is 4.61. The van der Waals surface area contributed by atoms with Crippen LogP contribution in [0.15, 0.2) is 18.2 Å². The lowest BCUT2D eigenvalue weighted by Gasteiger charge is -2.30. The zero-order valence-corrected chi connectivity index (χ0v) is 11.0. The van der Waals surface area contributed by atoms with Gasteiger partial charge in [-0.05, 0) is 18.9 Å². The first-order valence-electron chi connectivity index (χ1n) is 5.97. The fraction of sp³-hybridized carbons (Fsp3) is 0.417. The van der Waals surface area contributed by atoms with Crippen LogP contribution in [0.4, 0.5) is 5.69 Å². The van der Waals surface area contributed by atoms with Crippen molar-refractivity contribution in [3.63, 3.8) is 0 Å². The minimum atomic E-state index is -0.565. The van der Waals surface area contributed by atoms with Crippen molar-refractivity contribution in [3.8, 4) is 0 Å². The summed E-state index contributed by atoms with van der Waals surface area (Å²) < 4.78 is 0. The van der Waals surface area contributed by atoms with Crippen molar-refractivity contribution in [2.45, 2.75) is 18.9 Å². The molecule has 1 heterocycles. The number of nitrogens with two attached hydrogens (primary N) is 1. The van der Waals surface area contributed by atoms with Crippen molar-refractivity contribution >= 4 is 23.2 Å². The van der Waals surface area contributed by atoms with Gasteiger partial charge in [0.1, 0.15) is 0 Å². The molecule has 1 aromatic rings. The summed E-state index contributed by atoms with van der Waals surface area (Å²) in [5.74, 6) is -0.263. The number of carbonyl (C=O) groups excluding carboxylic acids is 1. The molecule has 1 saturated heterocycles. The first-order chi connectivity index (χ1) is 8.97. The third kappa shape index (κ3) is 3.21.